The molecule has 2 atom stereocenters. The monoisotopic (exact) mass is 337 g/mol. The molecule has 0 aliphatic rings. The van der Waals surface area contributed by atoms with E-state index < -0.39 is 24.0 Å². The molecule has 0 bridgehead atoms. The van der Waals surface area contributed by atoms with Gasteiger partial charge in [-0.05, 0) is 12.5 Å². The largest absolute Gasteiger partial charge is 0.480 e. The predicted molar refractivity (Wildman–Crippen MR) is 91.3 cm³/mol. The fraction of sp³-hybridized carbons (Fsp3) is 0.500. The third kappa shape index (κ3) is 7.87. The third-order valence-corrected chi connectivity index (χ3v) is 3.36. The van der Waals surface area contributed by atoms with Gasteiger partial charge >= 0.3 is 5.97 Å². The van der Waals surface area contributed by atoms with Crippen LogP contribution in [0.4, 0.5) is 0 Å². The zero-order valence-corrected chi connectivity index (χ0v) is 14.8. The Labute approximate surface area is 142 Å². The zero-order chi connectivity index (χ0) is 18.9. The van der Waals surface area contributed by atoms with E-state index in [1.807, 2.05) is 13.8 Å². The van der Waals surface area contributed by atoms with Gasteiger partial charge in [-0.25, -0.2) is 4.79 Å². The predicted octanol–water partition coefficient (Wildman–Crippen LogP) is 2.18. The molecule has 0 radical (unpaired) electrons. The van der Waals surface area contributed by atoms with E-state index in [4.69, 9.17) is 5.11 Å². The summed E-state index contributed by atoms with van der Waals surface area (Å²) in [5.74, 6) is -1.53. The average Bonchev–Trinajstić information content (AvgIpc) is 2.52. The number of carboxylic acid groups (broad SMARTS) is 1. The number of benzene rings is 1. The van der Waals surface area contributed by atoms with Crippen LogP contribution in [0.15, 0.2) is 30.3 Å². The molecule has 0 saturated carbocycles. The minimum atomic E-state index is -1.35. The van der Waals surface area contributed by atoms with Crippen molar-refractivity contribution in [2.75, 3.05) is 0 Å². The molecule has 0 spiro atoms. The highest BCUT2D eigenvalue weighted by molar-refractivity contribution is 5.85. The molecule has 0 aliphatic carbocycles. The molecule has 0 aliphatic heterocycles. The van der Waals surface area contributed by atoms with Crippen LogP contribution in [0.25, 0.3) is 0 Å². The van der Waals surface area contributed by atoms with Crippen LogP contribution < -0.4 is 5.32 Å². The number of carbonyl (C=O) groups is 3. The normalized spacial score (nSPS) is 12.8. The summed E-state index contributed by atoms with van der Waals surface area (Å²) in [6.45, 7) is 8.70. The second kappa shape index (κ2) is 10.5. The van der Waals surface area contributed by atoms with Crippen LogP contribution in [0.5, 0.6) is 0 Å². The Bertz CT molecular complexity index is 540. The molecular weight excluding hydrogens is 310 g/mol. The van der Waals surface area contributed by atoms with Crippen molar-refractivity contribution < 1.29 is 24.6 Å². The number of aliphatic hydroxyl groups excluding tert-OH is 1. The summed E-state index contributed by atoms with van der Waals surface area (Å²) >= 11 is 0. The second-order valence-electron chi connectivity index (χ2n) is 6.10. The molecule has 1 aromatic rings. The number of carbonyl (C=O) groups excluding carboxylic acids is 2. The Hall–Kier alpha value is -2.21. The molecule has 0 aromatic heterocycles. The first kappa shape index (κ1) is 21.8. The first-order valence-electron chi connectivity index (χ1n) is 7.84. The number of nitrogens with one attached hydrogen (secondary N) is 1. The number of aliphatic carboxylic acids is 1. The lowest BCUT2D eigenvalue weighted by atomic mass is 10.0. The van der Waals surface area contributed by atoms with Crippen LogP contribution >= 0.6 is 0 Å². The summed E-state index contributed by atoms with van der Waals surface area (Å²) in [7, 11) is 0. The topological polar surface area (TPSA) is 104 Å². The zero-order valence-electron chi connectivity index (χ0n) is 14.8. The van der Waals surface area contributed by atoms with Crippen molar-refractivity contribution in [1.29, 1.82) is 0 Å². The molecule has 1 aromatic carbocycles. The number of Topliss-reactive ketones (excluding diaryl/α,β-unsaturated/α-hetero) is 1. The molecular formula is C18H27NO5. The number of hydrogen-bond donors (Lipinski definition) is 3. The van der Waals surface area contributed by atoms with Gasteiger partial charge in [0.2, 0.25) is 5.91 Å². The highest BCUT2D eigenvalue weighted by Crippen LogP contribution is 2.17. The molecule has 0 heterocycles. The maximum atomic E-state index is 11.5. The average molecular weight is 337 g/mol. The maximum Gasteiger partial charge on any atom is 0.329 e. The summed E-state index contributed by atoms with van der Waals surface area (Å²) in [6.07, 6.45) is -1.27. The smallest absolute Gasteiger partial charge is 0.329 e. The first-order chi connectivity index (χ1) is 11.1. The second-order valence-corrected chi connectivity index (χ2v) is 6.10. The lowest BCUT2D eigenvalue weighted by Gasteiger charge is -2.21. The van der Waals surface area contributed by atoms with Crippen molar-refractivity contribution in [3.8, 4) is 0 Å². The fourth-order valence-electron chi connectivity index (χ4n) is 1.44. The number of aliphatic hydroxyl groups is 1. The summed E-state index contributed by atoms with van der Waals surface area (Å²) in [5, 5.41) is 21.4. The van der Waals surface area contributed by atoms with Gasteiger partial charge in [-0.3, -0.25) is 9.59 Å². The van der Waals surface area contributed by atoms with Crippen molar-refractivity contribution >= 4 is 17.7 Å². The van der Waals surface area contributed by atoms with Gasteiger partial charge in [-0.2, -0.15) is 0 Å². The van der Waals surface area contributed by atoms with Gasteiger partial charge in [0.1, 0.15) is 11.9 Å². The quantitative estimate of drug-likeness (QED) is 0.738. The van der Waals surface area contributed by atoms with Crippen LogP contribution in [0.2, 0.25) is 0 Å². The highest BCUT2D eigenvalue weighted by Gasteiger charge is 2.29. The SMILES string of the molecule is CC(=O)C(C)C.CC(C)C(=O)NC(C(=O)O)C(O)c1ccccc1. The Morgan fingerprint density at radius 3 is 1.75 bits per heavy atom. The van der Waals surface area contributed by atoms with Crippen molar-refractivity contribution in [3.63, 3.8) is 0 Å². The van der Waals surface area contributed by atoms with Crippen molar-refractivity contribution in [1.82, 2.24) is 5.32 Å². The van der Waals surface area contributed by atoms with Gasteiger partial charge in [0.05, 0.1) is 0 Å². The molecule has 2 unspecified atom stereocenters. The minimum Gasteiger partial charge on any atom is -0.480 e. The van der Waals surface area contributed by atoms with Crippen LogP contribution in [0.1, 0.15) is 46.3 Å². The molecule has 6 nitrogen and oxygen atoms in total. The van der Waals surface area contributed by atoms with Crippen LogP contribution in [-0.2, 0) is 14.4 Å². The molecule has 24 heavy (non-hydrogen) atoms. The minimum absolute atomic E-state index is 0.213. The lowest BCUT2D eigenvalue weighted by molar-refractivity contribution is -0.145. The van der Waals surface area contributed by atoms with Gasteiger partial charge in [0, 0.05) is 11.8 Å². The molecule has 0 fully saturated rings. The number of carboxylic acids is 1. The van der Waals surface area contributed by atoms with Crippen LogP contribution in [-0.4, -0.2) is 33.9 Å². The van der Waals surface area contributed by atoms with Crippen LogP contribution in [0, 0.1) is 11.8 Å². The summed E-state index contributed by atoms with van der Waals surface area (Å²) in [4.78, 5) is 32.7. The molecule has 134 valence electrons. The van der Waals surface area contributed by atoms with E-state index in [1.54, 1.807) is 51.1 Å². The Kier molecular flexibility index (Phi) is 9.57. The van der Waals surface area contributed by atoms with E-state index in [1.165, 1.54) is 0 Å². The van der Waals surface area contributed by atoms with E-state index in [2.05, 4.69) is 5.32 Å². The number of rotatable bonds is 6. The summed E-state index contributed by atoms with van der Waals surface area (Å²) in [5.41, 5.74) is 0.453. The fourth-order valence-corrected chi connectivity index (χ4v) is 1.44. The van der Waals surface area contributed by atoms with Crippen molar-refractivity contribution in [2.45, 2.75) is 46.8 Å². The van der Waals surface area contributed by atoms with Crippen molar-refractivity contribution in [2.24, 2.45) is 11.8 Å². The molecule has 0 saturated heterocycles. The van der Waals surface area contributed by atoms with E-state index in [0.717, 1.165) is 0 Å². The Balaban J connectivity index is 0.000000754. The Morgan fingerprint density at radius 2 is 1.42 bits per heavy atom. The third-order valence-electron chi connectivity index (χ3n) is 3.36. The Morgan fingerprint density at radius 1 is 0.958 bits per heavy atom. The van der Waals surface area contributed by atoms with E-state index in [0.29, 0.717) is 5.56 Å². The van der Waals surface area contributed by atoms with Crippen LogP contribution in [0.3, 0.4) is 0 Å². The summed E-state index contributed by atoms with van der Waals surface area (Å²) in [6, 6.07) is 7.04. The van der Waals surface area contributed by atoms with E-state index in [-0.39, 0.29) is 17.6 Å². The number of hydrogen-bond acceptors (Lipinski definition) is 4. The van der Waals surface area contributed by atoms with Gasteiger partial charge in [-0.15, -0.1) is 0 Å². The molecule has 1 rings (SSSR count). The molecule has 6 heteroatoms. The van der Waals surface area contributed by atoms with E-state index >= 15 is 0 Å². The number of ketones is 1. The van der Waals surface area contributed by atoms with Gasteiger partial charge in [0.25, 0.3) is 0 Å². The summed E-state index contributed by atoms with van der Waals surface area (Å²) < 4.78 is 0. The van der Waals surface area contributed by atoms with Crippen molar-refractivity contribution in [3.05, 3.63) is 35.9 Å². The standard InChI is InChI=1S/C13H17NO4.C5H10O/c1-8(2)12(16)14-10(13(17)18)11(15)9-6-4-3-5-7-9;1-4(2)5(3)6/h3-8,10-11,15H,1-2H3,(H,14,16)(H,17,18);4H,1-3H3. The van der Waals surface area contributed by atoms with Gasteiger partial charge < -0.3 is 15.5 Å². The lowest BCUT2D eigenvalue weighted by Crippen LogP contribution is -2.46. The number of amides is 1. The van der Waals surface area contributed by atoms with Gasteiger partial charge in [-0.1, -0.05) is 58.0 Å². The maximum absolute atomic E-state index is 11.5. The van der Waals surface area contributed by atoms with E-state index in [9.17, 15) is 19.5 Å². The molecule has 3 N–H and O–H groups in total. The highest BCUT2D eigenvalue weighted by atomic mass is 16.4. The first-order valence-corrected chi connectivity index (χ1v) is 7.84. The molecule has 1 amide bonds. The van der Waals surface area contributed by atoms with Gasteiger partial charge in [0.15, 0.2) is 6.04 Å².